The monoisotopic (exact) mass is 454 g/mol. The van der Waals surface area contributed by atoms with Crippen LogP contribution < -0.4 is 0 Å². The molecule has 0 spiro atoms. The minimum atomic E-state index is -0.464. The molecule has 0 unspecified atom stereocenters. The molecule has 0 bridgehead atoms. The third-order valence-electron chi connectivity index (χ3n) is 6.79. The van der Waals surface area contributed by atoms with Crippen molar-refractivity contribution in [3.63, 3.8) is 0 Å². The third kappa shape index (κ3) is 2.51. The van der Waals surface area contributed by atoms with Crippen LogP contribution in [0.1, 0.15) is 13.7 Å². The van der Waals surface area contributed by atoms with Gasteiger partial charge in [0.25, 0.3) is 0 Å². The molecule has 2 heteroatoms. The second kappa shape index (κ2) is 6.91. The molecule has 0 atom stereocenters. The van der Waals surface area contributed by atoms with E-state index < -0.39 is 36.3 Å². The zero-order valence-electron chi connectivity index (χ0n) is 28.2. The summed E-state index contributed by atoms with van der Waals surface area (Å²) < 4.78 is 85.6. The summed E-state index contributed by atoms with van der Waals surface area (Å²) in [6.45, 7) is 0. The van der Waals surface area contributed by atoms with Crippen molar-refractivity contribution >= 4 is 54.1 Å². The first kappa shape index (κ1) is 11.6. The molecule has 8 rings (SSSR count). The summed E-state index contributed by atoms with van der Waals surface area (Å²) in [5.41, 5.74) is 1.98. The Morgan fingerprint density at radius 3 is 2.17 bits per heavy atom. The number of benzene rings is 6. The van der Waals surface area contributed by atoms with E-state index in [0.29, 0.717) is 16.6 Å². The van der Waals surface area contributed by atoms with Gasteiger partial charge in [-0.1, -0.05) is 84.7 Å². The minimum Gasteiger partial charge on any atom is -0.309 e. The molecule has 8 aromatic rings. The van der Waals surface area contributed by atoms with Crippen LogP contribution in [-0.2, 0) is 0 Å². The molecule has 0 N–H and O–H groups in total. The maximum absolute atomic E-state index is 8.73. The number of fused-ring (bicyclic) bond motifs is 4. The van der Waals surface area contributed by atoms with Gasteiger partial charge in [-0.3, -0.25) is 4.98 Å². The largest absolute Gasteiger partial charge is 0.309 e. The van der Waals surface area contributed by atoms with Crippen LogP contribution in [0.5, 0.6) is 0 Å². The van der Waals surface area contributed by atoms with Gasteiger partial charge in [-0.2, -0.15) is 0 Å². The van der Waals surface area contributed by atoms with Gasteiger partial charge in [0.15, 0.2) is 0 Å². The summed E-state index contributed by atoms with van der Waals surface area (Å²) in [5, 5.41) is 6.62. The van der Waals surface area contributed by atoms with Crippen molar-refractivity contribution in [2.24, 2.45) is 0 Å². The highest BCUT2D eigenvalue weighted by Crippen LogP contribution is 2.44. The molecular formula is C33H20N2. The molecule has 162 valence electrons. The second-order valence-electron chi connectivity index (χ2n) is 8.51. The lowest BCUT2D eigenvalue weighted by atomic mass is 9.88. The fourth-order valence-electron chi connectivity index (χ4n) is 5.42. The summed E-state index contributed by atoms with van der Waals surface area (Å²) in [6.07, 6.45) is 3.31. The van der Waals surface area contributed by atoms with Crippen LogP contribution >= 0.6 is 0 Å². The van der Waals surface area contributed by atoms with Gasteiger partial charge >= 0.3 is 0 Å². The maximum Gasteiger partial charge on any atom is 0.0645 e. The van der Waals surface area contributed by atoms with Crippen LogP contribution in [0.15, 0.2) is 121 Å². The molecule has 0 saturated heterocycles. The Labute approximate surface area is 216 Å². The predicted molar refractivity (Wildman–Crippen MR) is 148 cm³/mol. The molecule has 0 aliphatic carbocycles. The second-order valence-corrected chi connectivity index (χ2v) is 8.51. The van der Waals surface area contributed by atoms with Gasteiger partial charge < -0.3 is 4.57 Å². The van der Waals surface area contributed by atoms with E-state index in [1.165, 1.54) is 0 Å². The van der Waals surface area contributed by atoms with Crippen molar-refractivity contribution in [3.05, 3.63) is 121 Å². The fourth-order valence-corrected chi connectivity index (χ4v) is 5.42. The van der Waals surface area contributed by atoms with Crippen LogP contribution in [0.4, 0.5) is 0 Å². The Balaban J connectivity index is 1.55. The molecule has 6 aromatic carbocycles. The van der Waals surface area contributed by atoms with Gasteiger partial charge in [-0.25, -0.2) is 0 Å². The zero-order chi connectivity index (χ0) is 31.6. The Hall–Kier alpha value is -4.69. The van der Waals surface area contributed by atoms with E-state index in [9.17, 15) is 0 Å². The summed E-state index contributed by atoms with van der Waals surface area (Å²) >= 11 is 0. The number of aromatic nitrogens is 2. The first-order valence-corrected chi connectivity index (χ1v) is 11.2. The van der Waals surface area contributed by atoms with Gasteiger partial charge in [0.2, 0.25) is 0 Å². The minimum absolute atomic E-state index is 0.0449. The standard InChI is InChI=1S/C33H20N2/c1-3-7-21(8-4-1)25-14-11-22-12-16-27-32-23(13-15-26(25)31(22)32)19-30-33(27)28-20-34-18-17-29(28)35(30)24-9-5-2-6-10-24/h1-20H/i1D,2D,3D,4D,5D,6D,7D,8D,9D,10D. The molecule has 2 nitrogen and oxygen atoms in total. The highest BCUT2D eigenvalue weighted by molar-refractivity contribution is 6.33. The van der Waals surface area contributed by atoms with Gasteiger partial charge in [0.05, 0.1) is 24.7 Å². The third-order valence-corrected chi connectivity index (χ3v) is 6.79. The van der Waals surface area contributed by atoms with E-state index in [2.05, 4.69) is 4.98 Å². The lowest BCUT2D eigenvalue weighted by Crippen LogP contribution is -1.93. The number of hydrogen-bond donors (Lipinski definition) is 0. The van der Waals surface area contributed by atoms with E-state index in [1.807, 2.05) is 36.4 Å². The van der Waals surface area contributed by atoms with Crippen molar-refractivity contribution in [2.45, 2.75) is 0 Å². The Morgan fingerprint density at radius 1 is 0.600 bits per heavy atom. The lowest BCUT2D eigenvalue weighted by Gasteiger charge is -2.15. The average molecular weight is 455 g/mol. The maximum atomic E-state index is 8.73. The Morgan fingerprint density at radius 2 is 1.31 bits per heavy atom. The number of hydrogen-bond acceptors (Lipinski definition) is 1. The summed E-state index contributed by atoms with van der Waals surface area (Å²) in [4.78, 5) is 4.37. The zero-order valence-corrected chi connectivity index (χ0v) is 18.2. The Bertz CT molecular complexity index is 2550. The molecule has 0 radical (unpaired) electrons. The van der Waals surface area contributed by atoms with E-state index in [0.717, 1.165) is 43.1 Å². The molecule has 0 saturated carbocycles. The van der Waals surface area contributed by atoms with Gasteiger partial charge in [-0.05, 0) is 67.7 Å². The van der Waals surface area contributed by atoms with Crippen molar-refractivity contribution in [2.75, 3.05) is 0 Å². The SMILES string of the molecule is [2H]c1c([2H])c([2H])c(-c2ccc3ccc4c5c(ccc2c35)cc2c4c3cnccc3n2-c2c([2H])c([2H])c([2H])c([2H])c2[2H])c([2H])c1[2H]. The molecule has 2 heterocycles. The first-order valence-electron chi connectivity index (χ1n) is 16.2. The van der Waals surface area contributed by atoms with Crippen LogP contribution in [0, 0.1) is 0 Å². The summed E-state index contributed by atoms with van der Waals surface area (Å²) in [6, 6.07) is 11.4. The lowest BCUT2D eigenvalue weighted by molar-refractivity contribution is 1.18. The molecule has 2 aromatic heterocycles. The normalized spacial score (nSPS) is 16.0. The van der Waals surface area contributed by atoms with Crippen molar-refractivity contribution in [1.29, 1.82) is 0 Å². The van der Waals surface area contributed by atoms with Crippen LogP contribution in [-0.4, -0.2) is 9.55 Å². The number of rotatable bonds is 2. The van der Waals surface area contributed by atoms with E-state index in [4.69, 9.17) is 13.7 Å². The van der Waals surface area contributed by atoms with Gasteiger partial charge in [0.1, 0.15) is 0 Å². The van der Waals surface area contributed by atoms with Crippen molar-refractivity contribution in [1.82, 2.24) is 9.55 Å². The van der Waals surface area contributed by atoms with Gasteiger partial charge in [0, 0.05) is 28.9 Å². The molecule has 0 aliphatic heterocycles. The summed E-state index contributed by atoms with van der Waals surface area (Å²) in [5.74, 6) is 0. The number of pyridine rings is 1. The first-order chi connectivity index (χ1) is 21.5. The Kier molecular flexibility index (Phi) is 2.30. The average Bonchev–Trinajstić information content (AvgIpc) is 3.37. The molecule has 0 amide bonds. The van der Waals surface area contributed by atoms with Crippen LogP contribution in [0.2, 0.25) is 0 Å². The predicted octanol–water partition coefficient (Wildman–Crippen LogP) is 8.74. The summed E-state index contributed by atoms with van der Waals surface area (Å²) in [7, 11) is 0. The van der Waals surface area contributed by atoms with Crippen molar-refractivity contribution < 1.29 is 13.7 Å². The van der Waals surface area contributed by atoms with Crippen LogP contribution in [0.25, 0.3) is 70.9 Å². The smallest absolute Gasteiger partial charge is 0.0645 e. The van der Waals surface area contributed by atoms with E-state index in [-0.39, 0.29) is 35.4 Å². The van der Waals surface area contributed by atoms with E-state index in [1.54, 1.807) is 29.1 Å². The highest BCUT2D eigenvalue weighted by atomic mass is 15.0. The number of para-hydroxylation sites is 1. The van der Waals surface area contributed by atoms with Crippen LogP contribution in [0.3, 0.4) is 0 Å². The van der Waals surface area contributed by atoms with Crippen molar-refractivity contribution in [3.8, 4) is 16.8 Å². The molecule has 0 fully saturated rings. The topological polar surface area (TPSA) is 17.8 Å². The fraction of sp³-hybridized carbons (Fsp3) is 0. The quantitative estimate of drug-likeness (QED) is 0.239. The van der Waals surface area contributed by atoms with E-state index >= 15 is 0 Å². The molecule has 0 aliphatic rings. The highest BCUT2D eigenvalue weighted by Gasteiger charge is 2.19. The molecular weight excluding hydrogens is 424 g/mol. The number of nitrogens with zero attached hydrogens (tertiary/aromatic N) is 2. The molecule has 35 heavy (non-hydrogen) atoms. The van der Waals surface area contributed by atoms with Gasteiger partial charge in [-0.15, -0.1) is 0 Å².